The van der Waals surface area contributed by atoms with Crippen LogP contribution >= 0.6 is 0 Å². The third-order valence-electron chi connectivity index (χ3n) is 9.98. The van der Waals surface area contributed by atoms with E-state index in [1.165, 1.54) is 16.7 Å². The molecule has 0 aliphatic rings. The van der Waals surface area contributed by atoms with E-state index in [4.69, 9.17) is 9.97 Å². The van der Waals surface area contributed by atoms with Crippen molar-refractivity contribution < 1.29 is 0 Å². The highest BCUT2D eigenvalue weighted by Crippen LogP contribution is 2.34. The van der Waals surface area contributed by atoms with E-state index in [-0.39, 0.29) is 0 Å². The molecule has 0 N–H and O–H groups in total. The summed E-state index contributed by atoms with van der Waals surface area (Å²) in [6.45, 7) is 0. The SMILES string of the molecule is c1ccc(-c2ccc(-c3ccc4ccc(-c5ccc6ccc(-c7ccc(-c8ccnc9c8ccc8cccnc89)cc7)nc6c5)nc4c3)cc2)cc1. The second-order valence-corrected chi connectivity index (χ2v) is 13.1. The Kier molecular flexibility index (Phi) is 7.10. The van der Waals surface area contributed by atoms with Crippen molar-refractivity contribution in [1.82, 2.24) is 19.9 Å². The first-order valence-electron chi connectivity index (χ1n) is 17.4. The molecule has 4 aromatic heterocycles. The number of benzene rings is 6. The number of hydrogen-bond donors (Lipinski definition) is 0. The molecule has 0 spiro atoms. The third-order valence-corrected chi connectivity index (χ3v) is 9.98. The summed E-state index contributed by atoms with van der Waals surface area (Å²) in [5.74, 6) is 0. The number of pyridine rings is 4. The molecule has 4 heteroatoms. The Labute approximate surface area is 300 Å². The standard InChI is InChI=1S/C48H30N4/c1-2-5-31(6-3-1)32-8-10-33(11-9-32)39-18-16-36-22-25-44(52-45(36)29-39)40-19-17-37-21-24-43(51-46(37)30-40)35-14-12-34(13-15-35)41-26-28-50-48-42(41)23-20-38-7-4-27-49-47(38)48/h1-30H. The van der Waals surface area contributed by atoms with Gasteiger partial charge in [-0.05, 0) is 69.8 Å². The minimum atomic E-state index is 0.918. The molecule has 10 aromatic rings. The maximum atomic E-state index is 5.12. The van der Waals surface area contributed by atoms with Crippen molar-refractivity contribution in [3.63, 3.8) is 0 Å². The van der Waals surface area contributed by atoms with E-state index in [9.17, 15) is 0 Å². The topological polar surface area (TPSA) is 51.6 Å². The van der Waals surface area contributed by atoms with Gasteiger partial charge in [-0.1, -0.05) is 133 Å². The first-order valence-corrected chi connectivity index (χ1v) is 17.4. The van der Waals surface area contributed by atoms with Crippen LogP contribution in [0.3, 0.4) is 0 Å². The summed E-state index contributed by atoms with van der Waals surface area (Å²) in [6, 6.07) is 59.7. The molecule has 0 amide bonds. The van der Waals surface area contributed by atoms with Gasteiger partial charge in [-0.25, -0.2) is 9.97 Å². The average molecular weight is 663 g/mol. The molecule has 0 fully saturated rings. The Morgan fingerprint density at radius 2 is 0.846 bits per heavy atom. The van der Waals surface area contributed by atoms with E-state index >= 15 is 0 Å². The predicted molar refractivity (Wildman–Crippen MR) is 215 cm³/mol. The Hall–Kier alpha value is -7.04. The maximum absolute atomic E-state index is 5.12. The lowest BCUT2D eigenvalue weighted by Crippen LogP contribution is -1.90. The van der Waals surface area contributed by atoms with Crippen molar-refractivity contribution in [3.8, 4) is 55.9 Å². The number of nitrogens with zero attached hydrogens (tertiary/aromatic N) is 4. The molecule has 6 aromatic carbocycles. The number of fused-ring (bicyclic) bond motifs is 5. The van der Waals surface area contributed by atoms with Gasteiger partial charge in [0.1, 0.15) is 0 Å². The summed E-state index contributed by atoms with van der Waals surface area (Å²) in [7, 11) is 0. The van der Waals surface area contributed by atoms with Gasteiger partial charge in [0.15, 0.2) is 0 Å². The maximum Gasteiger partial charge on any atom is 0.0970 e. The fraction of sp³-hybridized carbons (Fsp3) is 0. The highest BCUT2D eigenvalue weighted by Gasteiger charge is 2.11. The molecule has 0 atom stereocenters. The van der Waals surface area contributed by atoms with Gasteiger partial charge >= 0.3 is 0 Å². The van der Waals surface area contributed by atoms with E-state index < -0.39 is 0 Å². The fourth-order valence-corrected chi connectivity index (χ4v) is 7.21. The van der Waals surface area contributed by atoms with Crippen LogP contribution in [0, 0.1) is 0 Å². The molecule has 0 radical (unpaired) electrons. The van der Waals surface area contributed by atoms with Gasteiger partial charge in [0.05, 0.1) is 33.5 Å². The van der Waals surface area contributed by atoms with Gasteiger partial charge in [-0.3, -0.25) is 9.97 Å². The van der Waals surface area contributed by atoms with E-state index in [1.807, 2.05) is 24.5 Å². The van der Waals surface area contributed by atoms with Crippen LogP contribution in [-0.4, -0.2) is 19.9 Å². The van der Waals surface area contributed by atoms with Crippen LogP contribution in [0.5, 0.6) is 0 Å². The molecule has 242 valence electrons. The van der Waals surface area contributed by atoms with Crippen LogP contribution in [-0.2, 0) is 0 Å². The highest BCUT2D eigenvalue weighted by molar-refractivity contribution is 6.08. The van der Waals surface area contributed by atoms with Crippen molar-refractivity contribution in [2.45, 2.75) is 0 Å². The summed E-state index contributed by atoms with van der Waals surface area (Å²) >= 11 is 0. The smallest absolute Gasteiger partial charge is 0.0970 e. The summed E-state index contributed by atoms with van der Waals surface area (Å²) in [5, 5.41) is 4.39. The largest absolute Gasteiger partial charge is 0.254 e. The quantitative estimate of drug-likeness (QED) is 0.172. The lowest BCUT2D eigenvalue weighted by Gasteiger charge is -2.10. The van der Waals surface area contributed by atoms with E-state index in [2.05, 4.69) is 168 Å². The highest BCUT2D eigenvalue weighted by atomic mass is 14.7. The average Bonchev–Trinajstić information content (AvgIpc) is 3.23. The fourth-order valence-electron chi connectivity index (χ4n) is 7.21. The first-order chi connectivity index (χ1) is 25.7. The molecule has 0 saturated heterocycles. The summed E-state index contributed by atoms with van der Waals surface area (Å²) in [6.07, 6.45) is 3.70. The summed E-state index contributed by atoms with van der Waals surface area (Å²) in [4.78, 5) is 19.5. The van der Waals surface area contributed by atoms with Crippen molar-refractivity contribution in [1.29, 1.82) is 0 Å². The molecule has 0 aliphatic carbocycles. The zero-order chi connectivity index (χ0) is 34.4. The summed E-state index contributed by atoms with van der Waals surface area (Å²) < 4.78 is 0. The lowest BCUT2D eigenvalue weighted by atomic mass is 9.98. The second-order valence-electron chi connectivity index (χ2n) is 13.1. The molecule has 52 heavy (non-hydrogen) atoms. The molecule has 0 aliphatic heterocycles. The van der Waals surface area contributed by atoms with Crippen LogP contribution in [0.1, 0.15) is 0 Å². The third kappa shape index (κ3) is 5.34. The number of rotatable bonds is 5. The van der Waals surface area contributed by atoms with E-state index in [0.717, 1.165) is 82.8 Å². The predicted octanol–water partition coefficient (Wildman–Crippen LogP) is 12.2. The number of aromatic nitrogens is 4. The van der Waals surface area contributed by atoms with Crippen molar-refractivity contribution in [3.05, 3.63) is 182 Å². The van der Waals surface area contributed by atoms with Crippen molar-refractivity contribution in [2.75, 3.05) is 0 Å². The van der Waals surface area contributed by atoms with Gasteiger partial charge in [-0.2, -0.15) is 0 Å². The van der Waals surface area contributed by atoms with Crippen LogP contribution in [0.2, 0.25) is 0 Å². The molecule has 4 heterocycles. The van der Waals surface area contributed by atoms with Gasteiger partial charge < -0.3 is 0 Å². The molecular formula is C48H30N4. The molecule has 0 saturated carbocycles. The summed E-state index contributed by atoms with van der Waals surface area (Å²) in [5.41, 5.74) is 14.7. The number of hydrogen-bond acceptors (Lipinski definition) is 4. The Balaban J connectivity index is 0.948. The van der Waals surface area contributed by atoms with Crippen LogP contribution in [0.25, 0.3) is 99.5 Å². The van der Waals surface area contributed by atoms with Crippen LogP contribution < -0.4 is 0 Å². The molecular weight excluding hydrogens is 633 g/mol. The van der Waals surface area contributed by atoms with Gasteiger partial charge in [-0.15, -0.1) is 0 Å². The van der Waals surface area contributed by atoms with Crippen LogP contribution in [0.15, 0.2) is 182 Å². The van der Waals surface area contributed by atoms with E-state index in [1.54, 1.807) is 0 Å². The Morgan fingerprint density at radius 1 is 0.308 bits per heavy atom. The van der Waals surface area contributed by atoms with Crippen molar-refractivity contribution >= 4 is 43.6 Å². The van der Waals surface area contributed by atoms with Crippen LogP contribution in [0.4, 0.5) is 0 Å². The minimum Gasteiger partial charge on any atom is -0.254 e. The van der Waals surface area contributed by atoms with Gasteiger partial charge in [0, 0.05) is 45.1 Å². The Morgan fingerprint density at radius 3 is 1.60 bits per heavy atom. The van der Waals surface area contributed by atoms with Crippen molar-refractivity contribution in [2.24, 2.45) is 0 Å². The Bertz CT molecular complexity index is 2940. The van der Waals surface area contributed by atoms with Gasteiger partial charge in [0.2, 0.25) is 0 Å². The van der Waals surface area contributed by atoms with E-state index in [0.29, 0.717) is 0 Å². The first kappa shape index (κ1) is 29.8. The monoisotopic (exact) mass is 662 g/mol. The molecule has 10 rings (SSSR count). The zero-order valence-corrected chi connectivity index (χ0v) is 28.1. The minimum absolute atomic E-state index is 0.918. The lowest BCUT2D eigenvalue weighted by molar-refractivity contribution is 1.37. The van der Waals surface area contributed by atoms with Gasteiger partial charge in [0.25, 0.3) is 0 Å². The normalized spacial score (nSPS) is 11.5. The molecule has 4 nitrogen and oxygen atoms in total. The second kappa shape index (κ2) is 12.4. The molecule has 0 unspecified atom stereocenters. The zero-order valence-electron chi connectivity index (χ0n) is 28.1. The molecule has 0 bridgehead atoms.